The van der Waals surface area contributed by atoms with Crippen molar-refractivity contribution in [3.8, 4) is 0 Å². The van der Waals surface area contributed by atoms with Crippen LogP contribution < -0.4 is 0 Å². The zero-order chi connectivity index (χ0) is 8.97. The van der Waals surface area contributed by atoms with Crippen LogP contribution >= 0.6 is 27.7 Å². The third kappa shape index (κ3) is 3.17. The van der Waals surface area contributed by atoms with Crippen LogP contribution in [0.4, 0.5) is 0 Å². The van der Waals surface area contributed by atoms with E-state index >= 15 is 0 Å². The Balaban J connectivity index is 2.63. The second kappa shape index (κ2) is 4.90. The van der Waals surface area contributed by atoms with Gasteiger partial charge in [-0.05, 0) is 24.6 Å². The summed E-state index contributed by atoms with van der Waals surface area (Å²) in [5.74, 6) is 0. The van der Waals surface area contributed by atoms with E-state index in [0.717, 1.165) is 15.8 Å². The predicted octanol–water partition coefficient (Wildman–Crippen LogP) is 3.27. The molecule has 0 fully saturated rings. The van der Waals surface area contributed by atoms with Gasteiger partial charge in [0.15, 0.2) is 0 Å². The number of aliphatic hydroxyl groups excluding tert-OH is 1. The van der Waals surface area contributed by atoms with E-state index in [-0.39, 0.29) is 5.44 Å². The van der Waals surface area contributed by atoms with Crippen LogP contribution in [-0.4, -0.2) is 10.5 Å². The van der Waals surface area contributed by atoms with Crippen molar-refractivity contribution in [3.63, 3.8) is 0 Å². The number of thioether (sulfide) groups is 1. The molecule has 3 heteroatoms. The Morgan fingerprint density at radius 3 is 2.92 bits per heavy atom. The van der Waals surface area contributed by atoms with Crippen molar-refractivity contribution in [3.05, 3.63) is 28.7 Å². The standard InChI is InChI=1S/C9H11BrOS/c1-2-9(11)12-8-5-3-4-7(10)6-8/h3-6,9,11H,2H2,1H3. The molecule has 1 nitrogen and oxygen atoms in total. The number of hydrogen-bond acceptors (Lipinski definition) is 2. The SMILES string of the molecule is CCC(O)Sc1cccc(Br)c1. The molecule has 0 heterocycles. The second-order valence-corrected chi connectivity index (χ2v) is 4.61. The molecule has 1 rings (SSSR count). The molecule has 12 heavy (non-hydrogen) atoms. The summed E-state index contributed by atoms with van der Waals surface area (Å²) in [6, 6.07) is 7.94. The molecule has 66 valence electrons. The fourth-order valence-corrected chi connectivity index (χ4v) is 2.16. The Morgan fingerprint density at radius 2 is 2.33 bits per heavy atom. The first-order valence-corrected chi connectivity index (χ1v) is 5.50. The average Bonchev–Trinajstić information content (AvgIpc) is 2.04. The number of benzene rings is 1. The van der Waals surface area contributed by atoms with E-state index in [1.807, 2.05) is 31.2 Å². The van der Waals surface area contributed by atoms with Crippen molar-refractivity contribution in [1.82, 2.24) is 0 Å². The van der Waals surface area contributed by atoms with Gasteiger partial charge in [-0.2, -0.15) is 0 Å². The van der Waals surface area contributed by atoms with Gasteiger partial charge < -0.3 is 5.11 Å². The Kier molecular flexibility index (Phi) is 4.12. The lowest BCUT2D eigenvalue weighted by molar-refractivity contribution is 0.259. The topological polar surface area (TPSA) is 20.2 Å². The first-order valence-electron chi connectivity index (χ1n) is 3.82. The fourth-order valence-electron chi connectivity index (χ4n) is 0.781. The van der Waals surface area contributed by atoms with Crippen LogP contribution in [0.25, 0.3) is 0 Å². The normalized spacial score (nSPS) is 12.9. The average molecular weight is 247 g/mol. The van der Waals surface area contributed by atoms with Crippen LogP contribution in [0.3, 0.4) is 0 Å². The Morgan fingerprint density at radius 1 is 1.58 bits per heavy atom. The highest BCUT2D eigenvalue weighted by atomic mass is 79.9. The van der Waals surface area contributed by atoms with Gasteiger partial charge >= 0.3 is 0 Å². The third-order valence-electron chi connectivity index (χ3n) is 1.42. The minimum Gasteiger partial charge on any atom is -0.382 e. The van der Waals surface area contributed by atoms with Crippen molar-refractivity contribution in [2.45, 2.75) is 23.7 Å². The lowest BCUT2D eigenvalue weighted by Crippen LogP contribution is -1.96. The van der Waals surface area contributed by atoms with Crippen molar-refractivity contribution >= 4 is 27.7 Å². The quantitative estimate of drug-likeness (QED) is 0.653. The molecule has 1 N–H and O–H groups in total. The summed E-state index contributed by atoms with van der Waals surface area (Å²) in [5, 5.41) is 9.35. The number of halogens is 1. The molecular weight excluding hydrogens is 236 g/mol. The van der Waals surface area contributed by atoms with Crippen molar-refractivity contribution in [2.24, 2.45) is 0 Å². The van der Waals surface area contributed by atoms with E-state index in [4.69, 9.17) is 0 Å². The number of hydrogen-bond donors (Lipinski definition) is 1. The maximum absolute atomic E-state index is 9.35. The maximum Gasteiger partial charge on any atom is 0.104 e. The van der Waals surface area contributed by atoms with Gasteiger partial charge in [-0.1, -0.05) is 40.7 Å². The van der Waals surface area contributed by atoms with E-state index < -0.39 is 0 Å². The van der Waals surface area contributed by atoms with Crippen molar-refractivity contribution in [2.75, 3.05) is 0 Å². The fraction of sp³-hybridized carbons (Fsp3) is 0.333. The Labute approximate surface area is 85.3 Å². The summed E-state index contributed by atoms with van der Waals surface area (Å²) in [4.78, 5) is 1.10. The van der Waals surface area contributed by atoms with Crippen molar-refractivity contribution < 1.29 is 5.11 Å². The highest BCUT2D eigenvalue weighted by molar-refractivity contribution is 9.10. The van der Waals surface area contributed by atoms with Gasteiger partial charge in [0.2, 0.25) is 0 Å². The molecule has 0 amide bonds. The van der Waals surface area contributed by atoms with Crippen LogP contribution in [0.1, 0.15) is 13.3 Å². The molecule has 0 saturated heterocycles. The second-order valence-electron chi connectivity index (χ2n) is 2.44. The molecule has 0 saturated carbocycles. The van der Waals surface area contributed by atoms with Crippen molar-refractivity contribution in [1.29, 1.82) is 0 Å². The summed E-state index contributed by atoms with van der Waals surface area (Å²) in [7, 11) is 0. The van der Waals surface area contributed by atoms with Gasteiger partial charge in [0.25, 0.3) is 0 Å². The minimum atomic E-state index is -0.292. The zero-order valence-electron chi connectivity index (χ0n) is 6.83. The molecule has 0 aliphatic rings. The highest BCUT2D eigenvalue weighted by Gasteiger charge is 2.02. The van der Waals surface area contributed by atoms with E-state index in [9.17, 15) is 5.11 Å². The Bertz CT molecular complexity index is 252. The lowest BCUT2D eigenvalue weighted by Gasteiger charge is -2.06. The van der Waals surface area contributed by atoms with Gasteiger partial charge in [0.1, 0.15) is 5.44 Å². The summed E-state index contributed by atoms with van der Waals surface area (Å²) >= 11 is 4.86. The van der Waals surface area contributed by atoms with E-state index in [2.05, 4.69) is 15.9 Å². The molecule has 0 aromatic heterocycles. The first-order chi connectivity index (χ1) is 5.72. The molecule has 1 atom stereocenters. The molecule has 1 aromatic carbocycles. The lowest BCUT2D eigenvalue weighted by atomic mass is 10.4. The van der Waals surface area contributed by atoms with Gasteiger partial charge in [-0.3, -0.25) is 0 Å². The Hall–Kier alpha value is 0.01000. The molecule has 0 aliphatic carbocycles. The van der Waals surface area contributed by atoms with Crippen LogP contribution in [0.5, 0.6) is 0 Å². The molecule has 1 aromatic rings. The molecule has 0 aliphatic heterocycles. The van der Waals surface area contributed by atoms with E-state index in [1.54, 1.807) is 0 Å². The highest BCUT2D eigenvalue weighted by Crippen LogP contribution is 2.25. The third-order valence-corrected chi connectivity index (χ3v) is 3.04. The van der Waals surface area contributed by atoms with Gasteiger partial charge in [-0.25, -0.2) is 0 Å². The van der Waals surface area contributed by atoms with Crippen LogP contribution in [0, 0.1) is 0 Å². The zero-order valence-corrected chi connectivity index (χ0v) is 9.23. The maximum atomic E-state index is 9.35. The first kappa shape index (κ1) is 10.1. The van der Waals surface area contributed by atoms with Gasteiger partial charge in [0.05, 0.1) is 0 Å². The van der Waals surface area contributed by atoms with E-state index in [1.165, 1.54) is 11.8 Å². The van der Waals surface area contributed by atoms with Crippen LogP contribution in [-0.2, 0) is 0 Å². The molecule has 0 spiro atoms. The van der Waals surface area contributed by atoms with Gasteiger partial charge in [0, 0.05) is 9.37 Å². The summed E-state index contributed by atoms with van der Waals surface area (Å²) in [6.07, 6.45) is 0.775. The summed E-state index contributed by atoms with van der Waals surface area (Å²) in [6.45, 7) is 1.97. The minimum absolute atomic E-state index is 0.292. The molecule has 1 unspecified atom stereocenters. The monoisotopic (exact) mass is 246 g/mol. The summed E-state index contributed by atoms with van der Waals surface area (Å²) in [5.41, 5.74) is -0.292. The summed E-state index contributed by atoms with van der Waals surface area (Å²) < 4.78 is 1.05. The predicted molar refractivity (Wildman–Crippen MR) is 56.3 cm³/mol. The number of rotatable bonds is 3. The van der Waals surface area contributed by atoms with E-state index in [0.29, 0.717) is 0 Å². The van der Waals surface area contributed by atoms with Gasteiger partial charge in [-0.15, -0.1) is 0 Å². The number of aliphatic hydroxyl groups is 1. The molecular formula is C9H11BrOS. The molecule has 0 bridgehead atoms. The van der Waals surface area contributed by atoms with Crippen LogP contribution in [0.15, 0.2) is 33.6 Å². The smallest absolute Gasteiger partial charge is 0.104 e. The van der Waals surface area contributed by atoms with Crippen LogP contribution in [0.2, 0.25) is 0 Å². The molecule has 0 radical (unpaired) electrons. The largest absolute Gasteiger partial charge is 0.382 e.